The molecule has 68 valence electrons. The fourth-order valence-electron chi connectivity index (χ4n) is 0.797. The van der Waals surface area contributed by atoms with E-state index in [1.54, 1.807) is 7.05 Å². The fourth-order valence-corrected chi connectivity index (χ4v) is 0.797. The van der Waals surface area contributed by atoms with Gasteiger partial charge < -0.3 is 4.57 Å². The van der Waals surface area contributed by atoms with Gasteiger partial charge in [-0.1, -0.05) is 13.8 Å². The molecule has 0 N–H and O–H groups in total. The molecule has 0 aliphatic heterocycles. The molecule has 1 rings (SSSR count). The summed E-state index contributed by atoms with van der Waals surface area (Å²) in [5, 5.41) is 0. The predicted octanol–water partition coefficient (Wildman–Crippen LogP) is 1.42. The topological polar surface area (TPSA) is 34.9 Å². The van der Waals surface area contributed by atoms with E-state index in [9.17, 15) is 4.79 Å². The van der Waals surface area contributed by atoms with E-state index in [4.69, 9.17) is 0 Å². The fraction of sp³-hybridized carbons (Fsp3) is 0.556. The maximum atomic E-state index is 11.0. The molecule has 0 fully saturated rings. The highest BCUT2D eigenvalue weighted by atomic mass is 16.1. The van der Waals surface area contributed by atoms with Crippen molar-refractivity contribution in [3.8, 4) is 0 Å². The van der Waals surface area contributed by atoms with Gasteiger partial charge in [0.2, 0.25) is 0 Å². The number of hydrogen-bond donors (Lipinski definition) is 0. The molecule has 0 saturated carbocycles. The van der Waals surface area contributed by atoms with Crippen LogP contribution in [-0.2, 0) is 7.05 Å². The van der Waals surface area contributed by atoms with Crippen molar-refractivity contribution < 1.29 is 0 Å². The molecule has 1 heterocycles. The van der Waals surface area contributed by atoms with Crippen LogP contribution in [0.25, 0.3) is 0 Å². The number of hydrogen-bond acceptors (Lipinski definition) is 2. The van der Waals surface area contributed by atoms with Gasteiger partial charge in [-0.15, -0.1) is 0 Å². The number of rotatable bonds is 0. The first-order valence-corrected chi connectivity index (χ1v) is 4.12. The van der Waals surface area contributed by atoms with Crippen LogP contribution >= 0.6 is 0 Å². The summed E-state index contributed by atoms with van der Waals surface area (Å²) in [7, 11) is 1.71. The third-order valence-electron chi connectivity index (χ3n) is 1.49. The van der Waals surface area contributed by atoms with E-state index >= 15 is 0 Å². The Bertz CT molecular complexity index is 302. The lowest BCUT2D eigenvalue weighted by Gasteiger charge is -2.00. The molecule has 1 aromatic rings. The molecular weight excluding hydrogens is 152 g/mol. The van der Waals surface area contributed by atoms with Crippen LogP contribution in [0.3, 0.4) is 0 Å². The van der Waals surface area contributed by atoms with E-state index in [1.165, 1.54) is 10.6 Å². The lowest BCUT2D eigenvalue weighted by atomic mass is 10.4. The molecule has 0 spiro atoms. The molecule has 0 aliphatic carbocycles. The highest BCUT2D eigenvalue weighted by Gasteiger charge is 1.95. The molecule has 0 radical (unpaired) electrons. The summed E-state index contributed by atoms with van der Waals surface area (Å²) in [6, 6.07) is 1.52. The molecular formula is C9H16N2O. The molecule has 0 aromatic carbocycles. The van der Waals surface area contributed by atoms with Gasteiger partial charge in [-0.2, -0.15) is 0 Å². The summed E-state index contributed by atoms with van der Waals surface area (Å²) in [6.07, 6.45) is 0. The van der Waals surface area contributed by atoms with Crippen LogP contribution in [0, 0.1) is 13.8 Å². The van der Waals surface area contributed by atoms with E-state index in [0.29, 0.717) is 0 Å². The molecule has 3 heteroatoms. The Morgan fingerprint density at radius 2 is 1.83 bits per heavy atom. The SMILES string of the molecule is CC.Cc1cc(=O)n(C)c(C)n1. The van der Waals surface area contributed by atoms with Crippen molar-refractivity contribution in [2.45, 2.75) is 27.7 Å². The Morgan fingerprint density at radius 3 is 2.25 bits per heavy atom. The summed E-state index contributed by atoms with van der Waals surface area (Å²) in [6.45, 7) is 7.63. The van der Waals surface area contributed by atoms with Gasteiger partial charge in [0.05, 0.1) is 0 Å². The van der Waals surface area contributed by atoms with Gasteiger partial charge in [-0.3, -0.25) is 4.79 Å². The second-order valence-corrected chi connectivity index (χ2v) is 2.34. The average Bonchev–Trinajstić information content (AvgIpc) is 2.04. The van der Waals surface area contributed by atoms with E-state index in [1.807, 2.05) is 27.7 Å². The number of nitrogens with zero attached hydrogens (tertiary/aromatic N) is 2. The second kappa shape index (κ2) is 4.70. The molecule has 0 bridgehead atoms. The first-order valence-electron chi connectivity index (χ1n) is 4.12. The van der Waals surface area contributed by atoms with E-state index in [2.05, 4.69) is 4.98 Å². The van der Waals surface area contributed by atoms with Crippen LogP contribution in [0.1, 0.15) is 25.4 Å². The Morgan fingerprint density at radius 1 is 1.33 bits per heavy atom. The molecule has 0 saturated heterocycles. The van der Waals surface area contributed by atoms with E-state index < -0.39 is 0 Å². The van der Waals surface area contributed by atoms with Gasteiger partial charge in [-0.25, -0.2) is 4.98 Å². The molecule has 3 nitrogen and oxygen atoms in total. The van der Waals surface area contributed by atoms with E-state index in [0.717, 1.165) is 11.5 Å². The van der Waals surface area contributed by atoms with Gasteiger partial charge in [0.15, 0.2) is 0 Å². The first kappa shape index (κ1) is 10.9. The lowest BCUT2D eigenvalue weighted by Crippen LogP contribution is -2.19. The minimum atomic E-state index is 0.00463. The Balaban J connectivity index is 0.000000561. The summed E-state index contributed by atoms with van der Waals surface area (Å²) < 4.78 is 1.52. The maximum Gasteiger partial charge on any atom is 0.253 e. The van der Waals surface area contributed by atoms with Crippen molar-refractivity contribution in [2.75, 3.05) is 0 Å². The van der Waals surface area contributed by atoms with Gasteiger partial charge in [-0.05, 0) is 13.8 Å². The monoisotopic (exact) mass is 168 g/mol. The highest BCUT2D eigenvalue weighted by molar-refractivity contribution is 5.00. The van der Waals surface area contributed by atoms with Crippen molar-refractivity contribution in [2.24, 2.45) is 7.05 Å². The molecule has 12 heavy (non-hydrogen) atoms. The Kier molecular flexibility index (Phi) is 4.26. The van der Waals surface area contributed by atoms with Crippen LogP contribution in [0.15, 0.2) is 10.9 Å². The minimum Gasteiger partial charge on any atom is -0.300 e. The quantitative estimate of drug-likeness (QED) is 0.587. The van der Waals surface area contributed by atoms with Gasteiger partial charge in [0, 0.05) is 18.8 Å². The third kappa shape index (κ3) is 2.49. The summed E-state index contributed by atoms with van der Waals surface area (Å²) >= 11 is 0. The zero-order chi connectivity index (χ0) is 9.72. The lowest BCUT2D eigenvalue weighted by molar-refractivity contribution is 0.765. The maximum absolute atomic E-state index is 11.0. The average molecular weight is 168 g/mol. The van der Waals surface area contributed by atoms with Crippen LogP contribution < -0.4 is 5.56 Å². The number of aryl methyl sites for hydroxylation is 2. The molecule has 0 atom stereocenters. The predicted molar refractivity (Wildman–Crippen MR) is 50.3 cm³/mol. The Hall–Kier alpha value is -1.12. The first-order chi connectivity index (χ1) is 5.61. The van der Waals surface area contributed by atoms with E-state index in [-0.39, 0.29) is 5.56 Å². The number of aromatic nitrogens is 2. The van der Waals surface area contributed by atoms with Crippen LogP contribution in [-0.4, -0.2) is 9.55 Å². The molecule has 0 amide bonds. The zero-order valence-corrected chi connectivity index (χ0v) is 8.38. The van der Waals surface area contributed by atoms with Crippen molar-refractivity contribution >= 4 is 0 Å². The van der Waals surface area contributed by atoms with Gasteiger partial charge >= 0.3 is 0 Å². The summed E-state index contributed by atoms with van der Waals surface area (Å²) in [5.74, 6) is 0.755. The van der Waals surface area contributed by atoms with Crippen molar-refractivity contribution in [3.63, 3.8) is 0 Å². The normalized spacial score (nSPS) is 8.75. The van der Waals surface area contributed by atoms with Gasteiger partial charge in [0.1, 0.15) is 5.82 Å². The smallest absolute Gasteiger partial charge is 0.253 e. The minimum absolute atomic E-state index is 0.00463. The highest BCUT2D eigenvalue weighted by Crippen LogP contribution is 1.88. The summed E-state index contributed by atoms with van der Waals surface area (Å²) in [5.41, 5.74) is 0.783. The molecule has 0 aliphatic rings. The van der Waals surface area contributed by atoms with Crippen molar-refractivity contribution in [1.82, 2.24) is 9.55 Å². The standard InChI is InChI=1S/C7H10N2O.C2H6/c1-5-4-7(10)9(3)6(2)8-5;1-2/h4H,1-3H3;1-2H3. The van der Waals surface area contributed by atoms with Crippen LogP contribution in [0.5, 0.6) is 0 Å². The van der Waals surface area contributed by atoms with Crippen LogP contribution in [0.2, 0.25) is 0 Å². The third-order valence-corrected chi connectivity index (χ3v) is 1.49. The van der Waals surface area contributed by atoms with Crippen molar-refractivity contribution in [1.29, 1.82) is 0 Å². The molecule has 0 unspecified atom stereocenters. The second-order valence-electron chi connectivity index (χ2n) is 2.34. The largest absolute Gasteiger partial charge is 0.300 e. The Labute approximate surface area is 73.1 Å². The van der Waals surface area contributed by atoms with Crippen LogP contribution in [0.4, 0.5) is 0 Å². The molecule has 1 aromatic heterocycles. The van der Waals surface area contributed by atoms with Gasteiger partial charge in [0.25, 0.3) is 5.56 Å². The summed E-state index contributed by atoms with van der Waals surface area (Å²) in [4.78, 5) is 15.1. The van der Waals surface area contributed by atoms with Crippen molar-refractivity contribution in [3.05, 3.63) is 27.9 Å². The zero-order valence-electron chi connectivity index (χ0n) is 8.38.